The van der Waals surface area contributed by atoms with Crippen LogP contribution in [0, 0.1) is 12.7 Å². The Hall–Kier alpha value is -1.79. The van der Waals surface area contributed by atoms with Crippen molar-refractivity contribution in [1.82, 2.24) is 9.97 Å². The third kappa shape index (κ3) is 1.79. The van der Waals surface area contributed by atoms with Crippen molar-refractivity contribution in [2.24, 2.45) is 5.73 Å². The molecule has 2 N–H and O–H groups in total. The van der Waals surface area contributed by atoms with Crippen molar-refractivity contribution in [3.8, 4) is 10.8 Å². The van der Waals surface area contributed by atoms with E-state index in [2.05, 4.69) is 9.97 Å². The number of hydrogen-bond acceptors (Lipinski definition) is 5. The first-order valence-corrected chi connectivity index (χ1v) is 6.22. The number of benzene rings is 1. The van der Waals surface area contributed by atoms with Crippen LogP contribution in [0.25, 0.3) is 21.9 Å². The predicted octanol–water partition coefficient (Wildman–Crippen LogP) is 2.86. The van der Waals surface area contributed by atoms with Crippen LogP contribution in [0.5, 0.6) is 0 Å². The van der Waals surface area contributed by atoms with E-state index >= 15 is 0 Å². The van der Waals surface area contributed by atoms with Crippen LogP contribution >= 0.6 is 11.3 Å². The molecule has 0 saturated heterocycles. The average Bonchev–Trinajstić information content (AvgIpc) is 2.91. The van der Waals surface area contributed by atoms with Gasteiger partial charge in [-0.2, -0.15) is 0 Å². The molecule has 0 radical (unpaired) electrons. The van der Waals surface area contributed by atoms with Crippen molar-refractivity contribution in [1.29, 1.82) is 0 Å². The molecule has 0 amide bonds. The fraction of sp³-hybridized carbons (Fsp3) is 0.167. The van der Waals surface area contributed by atoms with E-state index in [1.165, 1.54) is 23.5 Å². The van der Waals surface area contributed by atoms with Crippen LogP contribution in [0.2, 0.25) is 0 Å². The summed E-state index contributed by atoms with van der Waals surface area (Å²) in [5.41, 5.74) is 7.45. The zero-order valence-corrected chi connectivity index (χ0v) is 10.4. The van der Waals surface area contributed by atoms with Gasteiger partial charge >= 0.3 is 0 Å². The SMILES string of the molecule is Cc1nc(CN)sc1-c1nc2ccc(F)cc2o1. The number of fused-ring (bicyclic) bond motifs is 1. The van der Waals surface area contributed by atoms with Gasteiger partial charge in [0, 0.05) is 12.6 Å². The molecule has 4 nitrogen and oxygen atoms in total. The van der Waals surface area contributed by atoms with Gasteiger partial charge in [-0.1, -0.05) is 0 Å². The summed E-state index contributed by atoms with van der Waals surface area (Å²) in [6, 6.07) is 4.28. The minimum Gasteiger partial charge on any atom is -0.435 e. The van der Waals surface area contributed by atoms with Gasteiger partial charge < -0.3 is 10.2 Å². The molecule has 0 aliphatic rings. The van der Waals surface area contributed by atoms with Crippen molar-refractivity contribution in [3.05, 3.63) is 34.7 Å². The summed E-state index contributed by atoms with van der Waals surface area (Å²) in [4.78, 5) is 9.48. The Morgan fingerprint density at radius 3 is 2.94 bits per heavy atom. The fourth-order valence-corrected chi connectivity index (χ4v) is 2.60. The maximum Gasteiger partial charge on any atom is 0.239 e. The molecule has 6 heteroatoms. The second-order valence-corrected chi connectivity index (χ2v) is 4.94. The maximum atomic E-state index is 13.1. The van der Waals surface area contributed by atoms with Crippen molar-refractivity contribution < 1.29 is 8.81 Å². The Balaban J connectivity index is 2.15. The molecule has 18 heavy (non-hydrogen) atoms. The summed E-state index contributed by atoms with van der Waals surface area (Å²) >= 11 is 1.45. The number of aromatic nitrogens is 2. The number of thiazole rings is 1. The van der Waals surface area contributed by atoms with Crippen LogP contribution in [0.1, 0.15) is 10.7 Å². The molecular formula is C12H10FN3OS. The van der Waals surface area contributed by atoms with E-state index < -0.39 is 0 Å². The lowest BCUT2D eigenvalue weighted by Crippen LogP contribution is -1.94. The Bertz CT molecular complexity index is 719. The van der Waals surface area contributed by atoms with E-state index in [0.717, 1.165) is 15.6 Å². The predicted molar refractivity (Wildman–Crippen MR) is 67.7 cm³/mol. The minimum atomic E-state index is -0.339. The third-order valence-electron chi connectivity index (χ3n) is 2.56. The Kier molecular flexibility index (Phi) is 2.61. The number of oxazole rings is 1. The second kappa shape index (κ2) is 4.15. The third-order valence-corrected chi connectivity index (χ3v) is 3.73. The number of aryl methyl sites for hydroxylation is 1. The van der Waals surface area contributed by atoms with E-state index in [-0.39, 0.29) is 5.82 Å². The number of nitrogens with zero attached hydrogens (tertiary/aromatic N) is 2. The van der Waals surface area contributed by atoms with Crippen LogP contribution in [0.15, 0.2) is 22.6 Å². The van der Waals surface area contributed by atoms with Crippen molar-refractivity contribution in [2.45, 2.75) is 13.5 Å². The normalized spacial score (nSPS) is 11.3. The highest BCUT2D eigenvalue weighted by Gasteiger charge is 2.15. The smallest absolute Gasteiger partial charge is 0.239 e. The zero-order valence-electron chi connectivity index (χ0n) is 9.61. The molecular weight excluding hydrogens is 253 g/mol. The minimum absolute atomic E-state index is 0.339. The van der Waals surface area contributed by atoms with Gasteiger partial charge in [-0.15, -0.1) is 11.3 Å². The van der Waals surface area contributed by atoms with Crippen molar-refractivity contribution in [3.63, 3.8) is 0 Å². The molecule has 0 spiro atoms. The summed E-state index contributed by atoms with van der Waals surface area (Å²) in [6.45, 7) is 2.26. The summed E-state index contributed by atoms with van der Waals surface area (Å²) in [5, 5.41) is 0.830. The highest BCUT2D eigenvalue weighted by Crippen LogP contribution is 2.31. The molecule has 0 unspecified atom stereocenters. The van der Waals surface area contributed by atoms with Gasteiger partial charge in [-0.3, -0.25) is 0 Å². The lowest BCUT2D eigenvalue weighted by Gasteiger charge is -1.88. The van der Waals surface area contributed by atoms with Crippen LogP contribution in [-0.2, 0) is 6.54 Å². The topological polar surface area (TPSA) is 64.9 Å². The van der Waals surface area contributed by atoms with E-state index in [9.17, 15) is 4.39 Å². The molecule has 2 heterocycles. The Morgan fingerprint density at radius 2 is 2.22 bits per heavy atom. The van der Waals surface area contributed by atoms with Crippen LogP contribution in [0.3, 0.4) is 0 Å². The summed E-state index contributed by atoms with van der Waals surface area (Å²) in [6.07, 6.45) is 0. The zero-order chi connectivity index (χ0) is 12.7. The van der Waals surface area contributed by atoms with Gasteiger partial charge in [0.15, 0.2) is 5.58 Å². The first-order valence-electron chi connectivity index (χ1n) is 5.40. The standard InChI is InChI=1S/C12H10FN3OS/c1-6-11(18-10(5-14)15-6)12-16-8-3-2-7(13)4-9(8)17-12/h2-4H,5,14H2,1H3. The van der Waals surface area contributed by atoms with Crippen LogP contribution < -0.4 is 5.73 Å². The molecule has 0 saturated carbocycles. The quantitative estimate of drug-likeness (QED) is 0.772. The van der Waals surface area contributed by atoms with Crippen molar-refractivity contribution >= 4 is 22.4 Å². The van der Waals surface area contributed by atoms with Gasteiger partial charge in [0.25, 0.3) is 0 Å². The second-order valence-electron chi connectivity index (χ2n) is 3.86. The number of nitrogens with two attached hydrogens (primary N) is 1. The first kappa shape index (κ1) is 11.3. The van der Waals surface area contributed by atoms with E-state index in [0.29, 0.717) is 23.5 Å². The largest absolute Gasteiger partial charge is 0.435 e. The molecule has 0 atom stereocenters. The Labute approximate surface area is 106 Å². The summed E-state index contributed by atoms with van der Waals surface area (Å²) in [5.74, 6) is 0.124. The monoisotopic (exact) mass is 263 g/mol. The van der Waals surface area contributed by atoms with E-state index in [1.54, 1.807) is 6.07 Å². The molecule has 0 aliphatic carbocycles. The number of halogens is 1. The van der Waals surface area contributed by atoms with Crippen LogP contribution in [-0.4, -0.2) is 9.97 Å². The van der Waals surface area contributed by atoms with Gasteiger partial charge in [0.05, 0.1) is 5.69 Å². The summed E-state index contributed by atoms with van der Waals surface area (Å²) in [7, 11) is 0. The number of rotatable bonds is 2. The maximum absolute atomic E-state index is 13.1. The van der Waals surface area contributed by atoms with E-state index in [1.807, 2.05) is 6.92 Å². The highest BCUT2D eigenvalue weighted by molar-refractivity contribution is 7.15. The molecule has 2 aromatic heterocycles. The first-order chi connectivity index (χ1) is 8.67. The van der Waals surface area contributed by atoms with Gasteiger partial charge in [-0.05, 0) is 19.1 Å². The molecule has 3 rings (SSSR count). The Morgan fingerprint density at radius 1 is 1.39 bits per heavy atom. The van der Waals surface area contributed by atoms with Gasteiger partial charge in [0.1, 0.15) is 21.2 Å². The average molecular weight is 263 g/mol. The molecule has 1 aromatic carbocycles. The van der Waals surface area contributed by atoms with Crippen LogP contribution in [0.4, 0.5) is 4.39 Å². The van der Waals surface area contributed by atoms with E-state index in [4.69, 9.17) is 10.2 Å². The van der Waals surface area contributed by atoms with Gasteiger partial charge in [-0.25, -0.2) is 14.4 Å². The van der Waals surface area contributed by atoms with Gasteiger partial charge in [0.2, 0.25) is 5.89 Å². The lowest BCUT2D eigenvalue weighted by atomic mass is 10.3. The molecule has 0 fully saturated rings. The molecule has 3 aromatic rings. The molecule has 0 bridgehead atoms. The van der Waals surface area contributed by atoms with Crippen molar-refractivity contribution in [2.75, 3.05) is 0 Å². The molecule has 0 aliphatic heterocycles. The summed E-state index contributed by atoms with van der Waals surface area (Å²) < 4.78 is 18.6. The molecule has 92 valence electrons. The lowest BCUT2D eigenvalue weighted by molar-refractivity contribution is 0.603. The fourth-order valence-electron chi connectivity index (χ4n) is 1.73. The number of hydrogen-bond donors (Lipinski definition) is 1. The highest BCUT2D eigenvalue weighted by atomic mass is 32.1.